The van der Waals surface area contributed by atoms with E-state index in [9.17, 15) is 9.59 Å². The Labute approximate surface area is 90.9 Å². The van der Waals surface area contributed by atoms with E-state index in [2.05, 4.69) is 4.74 Å². The van der Waals surface area contributed by atoms with E-state index in [1.165, 1.54) is 7.11 Å². The fraction of sp³-hybridized carbons (Fsp3) is 0.818. The summed E-state index contributed by atoms with van der Waals surface area (Å²) < 4.78 is 9.49. The molecule has 0 aliphatic carbocycles. The summed E-state index contributed by atoms with van der Waals surface area (Å²) in [7, 11) is 1.34. The monoisotopic (exact) mass is 216 g/mol. The summed E-state index contributed by atoms with van der Waals surface area (Å²) in [5.41, 5.74) is 0. The summed E-state index contributed by atoms with van der Waals surface area (Å²) in [6.45, 7) is 4.34. The maximum atomic E-state index is 11.2. The van der Waals surface area contributed by atoms with Gasteiger partial charge in [-0.15, -0.1) is 0 Å². The van der Waals surface area contributed by atoms with Crippen LogP contribution in [0.25, 0.3) is 0 Å². The summed E-state index contributed by atoms with van der Waals surface area (Å²) in [5.74, 6) is -0.546. The third-order valence-corrected chi connectivity index (χ3v) is 2.02. The highest BCUT2D eigenvalue weighted by Gasteiger charge is 2.14. The van der Waals surface area contributed by atoms with Gasteiger partial charge in [0.2, 0.25) is 0 Å². The molecule has 15 heavy (non-hydrogen) atoms. The first kappa shape index (κ1) is 13.9. The fourth-order valence-corrected chi connectivity index (χ4v) is 1.11. The Morgan fingerprint density at radius 3 is 2.33 bits per heavy atom. The maximum Gasteiger partial charge on any atom is 0.306 e. The molecule has 0 aromatic carbocycles. The topological polar surface area (TPSA) is 52.6 Å². The van der Waals surface area contributed by atoms with Crippen molar-refractivity contribution in [3.05, 3.63) is 0 Å². The van der Waals surface area contributed by atoms with Crippen LogP contribution in [0, 0.1) is 5.92 Å². The van der Waals surface area contributed by atoms with Crippen molar-refractivity contribution in [1.29, 1.82) is 0 Å². The summed E-state index contributed by atoms with van der Waals surface area (Å²) in [5, 5.41) is 0. The van der Waals surface area contributed by atoms with Crippen LogP contribution in [-0.4, -0.2) is 25.7 Å². The molecular formula is C11H20O4. The summed E-state index contributed by atoms with van der Waals surface area (Å²) >= 11 is 0. The lowest BCUT2D eigenvalue weighted by Crippen LogP contribution is -2.14. The molecule has 0 heterocycles. The van der Waals surface area contributed by atoms with Crippen LogP contribution in [0.3, 0.4) is 0 Å². The van der Waals surface area contributed by atoms with Crippen molar-refractivity contribution >= 4 is 11.9 Å². The van der Waals surface area contributed by atoms with E-state index in [1.54, 1.807) is 0 Å². The summed E-state index contributed by atoms with van der Waals surface area (Å²) in [6, 6.07) is 0. The molecule has 0 saturated heterocycles. The molecule has 0 radical (unpaired) electrons. The van der Waals surface area contributed by atoms with Gasteiger partial charge < -0.3 is 9.47 Å². The average molecular weight is 216 g/mol. The predicted molar refractivity (Wildman–Crippen MR) is 56.3 cm³/mol. The molecule has 1 unspecified atom stereocenters. The van der Waals surface area contributed by atoms with Crippen molar-refractivity contribution in [3.8, 4) is 0 Å². The van der Waals surface area contributed by atoms with E-state index in [0.29, 0.717) is 6.61 Å². The molecule has 1 atom stereocenters. The van der Waals surface area contributed by atoms with Gasteiger partial charge in [0, 0.05) is 12.8 Å². The van der Waals surface area contributed by atoms with Gasteiger partial charge in [-0.3, -0.25) is 9.59 Å². The predicted octanol–water partition coefficient (Wildman–Crippen LogP) is 1.92. The van der Waals surface area contributed by atoms with Crippen LogP contribution in [0.4, 0.5) is 0 Å². The molecule has 0 fully saturated rings. The number of esters is 2. The molecule has 0 spiro atoms. The van der Waals surface area contributed by atoms with Gasteiger partial charge in [0.15, 0.2) is 0 Å². The number of hydrogen-bond acceptors (Lipinski definition) is 4. The molecule has 0 amide bonds. The van der Waals surface area contributed by atoms with Crippen LogP contribution in [-0.2, 0) is 19.1 Å². The molecule has 4 nitrogen and oxygen atoms in total. The molecule has 0 saturated carbocycles. The van der Waals surface area contributed by atoms with Crippen LogP contribution < -0.4 is 0 Å². The van der Waals surface area contributed by atoms with E-state index in [1.807, 2.05) is 13.8 Å². The number of unbranched alkanes of at least 4 members (excludes halogenated alkanes) is 1. The van der Waals surface area contributed by atoms with Gasteiger partial charge in [-0.2, -0.15) is 0 Å². The van der Waals surface area contributed by atoms with Gasteiger partial charge in [-0.25, -0.2) is 0 Å². The van der Waals surface area contributed by atoms with Crippen molar-refractivity contribution in [2.45, 2.75) is 39.5 Å². The van der Waals surface area contributed by atoms with Crippen molar-refractivity contribution in [3.63, 3.8) is 0 Å². The second-order valence-electron chi connectivity index (χ2n) is 3.66. The highest BCUT2D eigenvalue weighted by atomic mass is 16.5. The standard InChI is InChI=1S/C11H20O4/c1-4-5-6-15-11(13)8-9(2)7-10(12)14-3/h9H,4-8H2,1-3H3. The van der Waals surface area contributed by atoms with E-state index in [0.717, 1.165) is 12.8 Å². The van der Waals surface area contributed by atoms with Gasteiger partial charge >= 0.3 is 11.9 Å². The van der Waals surface area contributed by atoms with E-state index >= 15 is 0 Å². The number of methoxy groups -OCH3 is 1. The Kier molecular flexibility index (Phi) is 7.68. The highest BCUT2D eigenvalue weighted by Crippen LogP contribution is 2.09. The van der Waals surface area contributed by atoms with Crippen molar-refractivity contribution in [2.24, 2.45) is 5.92 Å². The molecule has 88 valence electrons. The third kappa shape index (κ3) is 7.97. The van der Waals surface area contributed by atoms with Crippen molar-refractivity contribution in [2.75, 3.05) is 13.7 Å². The minimum atomic E-state index is -0.288. The summed E-state index contributed by atoms with van der Waals surface area (Å²) in [4.78, 5) is 22.1. The molecule has 4 heteroatoms. The summed E-state index contributed by atoms with van der Waals surface area (Å²) in [6.07, 6.45) is 2.43. The first-order valence-corrected chi connectivity index (χ1v) is 5.32. The largest absolute Gasteiger partial charge is 0.469 e. The van der Waals surface area contributed by atoms with Crippen LogP contribution in [0.15, 0.2) is 0 Å². The van der Waals surface area contributed by atoms with Crippen LogP contribution in [0.5, 0.6) is 0 Å². The zero-order valence-electron chi connectivity index (χ0n) is 9.75. The first-order chi connectivity index (χ1) is 7.10. The maximum absolute atomic E-state index is 11.2. The van der Waals surface area contributed by atoms with Crippen LogP contribution >= 0.6 is 0 Å². The third-order valence-electron chi connectivity index (χ3n) is 2.02. The quantitative estimate of drug-likeness (QED) is 0.482. The molecule has 0 aromatic rings. The Morgan fingerprint density at radius 2 is 1.80 bits per heavy atom. The highest BCUT2D eigenvalue weighted by molar-refractivity contribution is 5.73. The van der Waals surface area contributed by atoms with Gasteiger partial charge in [0.25, 0.3) is 0 Å². The Bertz CT molecular complexity index is 201. The number of carbonyl (C=O) groups is 2. The van der Waals surface area contributed by atoms with E-state index < -0.39 is 0 Å². The smallest absolute Gasteiger partial charge is 0.306 e. The van der Waals surface area contributed by atoms with Gasteiger partial charge in [0.1, 0.15) is 0 Å². The van der Waals surface area contributed by atoms with Crippen molar-refractivity contribution in [1.82, 2.24) is 0 Å². The van der Waals surface area contributed by atoms with E-state index in [-0.39, 0.29) is 30.7 Å². The van der Waals surface area contributed by atoms with Crippen LogP contribution in [0.2, 0.25) is 0 Å². The SMILES string of the molecule is CCCCOC(=O)CC(C)CC(=O)OC. The number of ether oxygens (including phenoxy) is 2. The fourth-order valence-electron chi connectivity index (χ4n) is 1.11. The molecule has 0 aliphatic rings. The van der Waals surface area contributed by atoms with Gasteiger partial charge in [0.05, 0.1) is 13.7 Å². The molecular weight excluding hydrogens is 196 g/mol. The zero-order valence-corrected chi connectivity index (χ0v) is 9.75. The minimum Gasteiger partial charge on any atom is -0.469 e. The molecule has 0 aromatic heterocycles. The second-order valence-corrected chi connectivity index (χ2v) is 3.66. The Balaban J connectivity index is 3.62. The van der Waals surface area contributed by atoms with Crippen LogP contribution in [0.1, 0.15) is 39.5 Å². The van der Waals surface area contributed by atoms with E-state index in [4.69, 9.17) is 4.74 Å². The van der Waals surface area contributed by atoms with Gasteiger partial charge in [-0.05, 0) is 12.3 Å². The minimum absolute atomic E-state index is 0.0217. The Morgan fingerprint density at radius 1 is 1.20 bits per heavy atom. The number of rotatable bonds is 7. The number of hydrogen-bond donors (Lipinski definition) is 0. The number of carbonyl (C=O) groups excluding carboxylic acids is 2. The van der Waals surface area contributed by atoms with Crippen molar-refractivity contribution < 1.29 is 19.1 Å². The lowest BCUT2D eigenvalue weighted by molar-refractivity contribution is -0.146. The lowest BCUT2D eigenvalue weighted by Gasteiger charge is -2.09. The molecule has 0 aliphatic heterocycles. The zero-order chi connectivity index (χ0) is 11.7. The first-order valence-electron chi connectivity index (χ1n) is 5.32. The second kappa shape index (κ2) is 8.26. The molecule has 0 rings (SSSR count). The molecule has 0 N–H and O–H groups in total. The molecule has 0 bridgehead atoms. The normalized spacial score (nSPS) is 11.9. The van der Waals surface area contributed by atoms with Gasteiger partial charge in [-0.1, -0.05) is 20.3 Å². The average Bonchev–Trinajstić information content (AvgIpc) is 2.17. The lowest BCUT2D eigenvalue weighted by atomic mass is 10.0. The Hall–Kier alpha value is -1.06.